The number of aryl methyl sites for hydroxylation is 1. The first-order valence-electron chi connectivity index (χ1n) is 9.54. The molecular formula is C20H29IN4O3S2. The van der Waals surface area contributed by atoms with Crippen LogP contribution in [0.5, 0.6) is 0 Å². The molecule has 10 heteroatoms. The van der Waals surface area contributed by atoms with E-state index in [0.717, 1.165) is 17.4 Å². The van der Waals surface area contributed by atoms with Crippen LogP contribution in [0.25, 0.3) is 0 Å². The van der Waals surface area contributed by atoms with Crippen molar-refractivity contribution < 1.29 is 13.2 Å². The van der Waals surface area contributed by atoms with E-state index >= 15 is 0 Å². The molecule has 30 heavy (non-hydrogen) atoms. The molecule has 0 bridgehead atoms. The lowest BCUT2D eigenvalue weighted by Crippen LogP contribution is -2.40. The van der Waals surface area contributed by atoms with Crippen molar-refractivity contribution in [2.45, 2.75) is 24.2 Å². The Morgan fingerprint density at radius 3 is 2.60 bits per heavy atom. The third-order valence-corrected chi connectivity index (χ3v) is 8.32. The fourth-order valence-electron chi connectivity index (χ4n) is 3.17. The van der Waals surface area contributed by atoms with Crippen LogP contribution in [0, 0.1) is 6.92 Å². The highest BCUT2D eigenvalue weighted by Crippen LogP contribution is 2.25. The number of hydrogen-bond donors (Lipinski definition) is 1. The molecule has 0 aliphatic carbocycles. The Morgan fingerprint density at radius 2 is 1.93 bits per heavy atom. The second-order valence-electron chi connectivity index (χ2n) is 6.92. The zero-order valence-electron chi connectivity index (χ0n) is 17.5. The van der Waals surface area contributed by atoms with Gasteiger partial charge in [0.05, 0.1) is 19.8 Å². The molecule has 3 rings (SSSR count). The predicted octanol–water partition coefficient (Wildman–Crippen LogP) is 2.90. The van der Waals surface area contributed by atoms with E-state index < -0.39 is 10.0 Å². The van der Waals surface area contributed by atoms with Crippen LogP contribution < -0.4 is 5.32 Å². The molecule has 7 nitrogen and oxygen atoms in total. The molecule has 0 atom stereocenters. The van der Waals surface area contributed by atoms with Crippen LogP contribution in [0.15, 0.2) is 45.6 Å². The number of sulfonamides is 1. The van der Waals surface area contributed by atoms with Crippen LogP contribution in [0.3, 0.4) is 0 Å². The Morgan fingerprint density at radius 1 is 1.23 bits per heavy atom. The smallest absolute Gasteiger partial charge is 0.252 e. The summed E-state index contributed by atoms with van der Waals surface area (Å²) in [6.45, 7) is 5.07. The number of thiophene rings is 1. The van der Waals surface area contributed by atoms with Gasteiger partial charge in [0.2, 0.25) is 0 Å². The first-order valence-corrected chi connectivity index (χ1v) is 11.8. The molecule has 0 unspecified atom stereocenters. The topological polar surface area (TPSA) is 74.2 Å². The quantitative estimate of drug-likeness (QED) is 0.332. The lowest BCUT2D eigenvalue weighted by Gasteiger charge is -2.25. The van der Waals surface area contributed by atoms with Gasteiger partial charge in [-0.15, -0.1) is 35.3 Å². The largest absolute Gasteiger partial charge is 0.379 e. The number of hydrogen-bond acceptors (Lipinski definition) is 5. The minimum Gasteiger partial charge on any atom is -0.379 e. The van der Waals surface area contributed by atoms with E-state index in [-0.39, 0.29) is 24.0 Å². The summed E-state index contributed by atoms with van der Waals surface area (Å²) in [6, 6.07) is 11.8. The molecule has 0 spiro atoms. The van der Waals surface area contributed by atoms with Crippen molar-refractivity contribution in [3.63, 3.8) is 0 Å². The van der Waals surface area contributed by atoms with Crippen molar-refractivity contribution >= 4 is 51.3 Å². The summed E-state index contributed by atoms with van der Waals surface area (Å²) in [4.78, 5) is 7.36. The molecular weight excluding hydrogens is 535 g/mol. The fraction of sp³-hybridized carbons (Fsp3) is 0.450. The lowest BCUT2D eigenvalue weighted by atomic mass is 10.1. The van der Waals surface area contributed by atoms with E-state index in [1.54, 1.807) is 13.1 Å². The Hall–Kier alpha value is -1.21. The van der Waals surface area contributed by atoms with Gasteiger partial charge in [-0.05, 0) is 30.2 Å². The SMILES string of the molecule is CN=C(NCc1ccc(S(=O)(=O)N2CCOCC2)s1)N(C)Cc1ccccc1C.I. The van der Waals surface area contributed by atoms with Gasteiger partial charge in [-0.1, -0.05) is 24.3 Å². The van der Waals surface area contributed by atoms with Gasteiger partial charge >= 0.3 is 0 Å². The van der Waals surface area contributed by atoms with Gasteiger partial charge in [-0.25, -0.2) is 8.42 Å². The number of rotatable bonds is 6. The van der Waals surface area contributed by atoms with Crippen molar-refractivity contribution in [3.05, 3.63) is 52.4 Å². The zero-order chi connectivity index (χ0) is 20.9. The van der Waals surface area contributed by atoms with Crippen LogP contribution in [0.1, 0.15) is 16.0 Å². The molecule has 1 fully saturated rings. The summed E-state index contributed by atoms with van der Waals surface area (Å²) in [6.07, 6.45) is 0. The normalized spacial score (nSPS) is 15.5. The molecule has 166 valence electrons. The maximum absolute atomic E-state index is 12.8. The summed E-state index contributed by atoms with van der Waals surface area (Å²) in [5, 5.41) is 3.33. The van der Waals surface area contributed by atoms with E-state index in [0.29, 0.717) is 37.1 Å². The molecule has 2 heterocycles. The second-order valence-corrected chi connectivity index (χ2v) is 10.3. The number of morpholine rings is 1. The summed E-state index contributed by atoms with van der Waals surface area (Å²) in [5.74, 6) is 0.763. The Labute approximate surface area is 200 Å². The molecule has 0 amide bonds. The standard InChI is InChI=1S/C20H28N4O3S2.HI/c1-16-6-4-5-7-17(16)15-23(3)20(21-2)22-14-18-8-9-19(28-18)29(25,26)24-10-12-27-13-11-24;/h4-9H,10-15H2,1-3H3,(H,21,22);1H. The van der Waals surface area contributed by atoms with Gasteiger partial charge in [0.15, 0.2) is 5.96 Å². The van der Waals surface area contributed by atoms with Gasteiger partial charge < -0.3 is 15.0 Å². The van der Waals surface area contributed by atoms with Crippen LogP contribution in [-0.2, 0) is 27.8 Å². The number of nitrogens with zero attached hydrogens (tertiary/aromatic N) is 3. The van der Waals surface area contributed by atoms with Crippen LogP contribution in [0.4, 0.5) is 0 Å². The lowest BCUT2D eigenvalue weighted by molar-refractivity contribution is 0.0731. The first-order chi connectivity index (χ1) is 13.9. The average Bonchev–Trinajstić information content (AvgIpc) is 3.21. The highest BCUT2D eigenvalue weighted by Gasteiger charge is 2.27. The maximum atomic E-state index is 12.8. The third-order valence-electron chi connectivity index (χ3n) is 4.86. The van der Waals surface area contributed by atoms with E-state index in [4.69, 9.17) is 4.74 Å². The number of benzene rings is 1. The second kappa shape index (κ2) is 11.4. The van der Waals surface area contributed by atoms with E-state index in [1.807, 2.05) is 25.2 Å². The van der Waals surface area contributed by atoms with Gasteiger partial charge in [0.25, 0.3) is 10.0 Å². The fourth-order valence-corrected chi connectivity index (χ4v) is 6.03. The summed E-state index contributed by atoms with van der Waals surface area (Å²) >= 11 is 1.30. The van der Waals surface area contributed by atoms with Crippen LogP contribution in [-0.4, -0.2) is 64.0 Å². The molecule has 1 aromatic carbocycles. The molecule has 0 saturated carbocycles. The number of aliphatic imine (C=N–C) groups is 1. The molecule has 1 saturated heterocycles. The van der Waals surface area contributed by atoms with Crippen molar-refractivity contribution in [2.75, 3.05) is 40.4 Å². The third kappa shape index (κ3) is 6.16. The number of ether oxygens (including phenoxy) is 1. The molecule has 1 aromatic heterocycles. The minimum absolute atomic E-state index is 0. The highest BCUT2D eigenvalue weighted by molar-refractivity contribution is 14.0. The predicted molar refractivity (Wildman–Crippen MR) is 132 cm³/mol. The molecule has 2 aromatic rings. The molecule has 1 N–H and O–H groups in total. The van der Waals surface area contributed by atoms with Crippen LogP contribution in [0.2, 0.25) is 0 Å². The van der Waals surface area contributed by atoms with Crippen LogP contribution >= 0.6 is 35.3 Å². The zero-order valence-corrected chi connectivity index (χ0v) is 21.5. The Kier molecular flexibility index (Phi) is 9.54. The maximum Gasteiger partial charge on any atom is 0.252 e. The van der Waals surface area contributed by atoms with E-state index in [1.165, 1.54) is 26.8 Å². The van der Waals surface area contributed by atoms with Gasteiger partial charge in [0, 0.05) is 38.6 Å². The highest BCUT2D eigenvalue weighted by atomic mass is 127. The van der Waals surface area contributed by atoms with Crippen molar-refractivity contribution in [2.24, 2.45) is 4.99 Å². The Balaban J connectivity index is 0.00000320. The summed E-state index contributed by atoms with van der Waals surface area (Å²) in [5.41, 5.74) is 2.49. The minimum atomic E-state index is -3.44. The monoisotopic (exact) mass is 564 g/mol. The molecule has 0 radical (unpaired) electrons. The van der Waals surface area contributed by atoms with Gasteiger partial charge in [0.1, 0.15) is 4.21 Å². The van der Waals surface area contributed by atoms with E-state index in [9.17, 15) is 8.42 Å². The molecule has 1 aliphatic rings. The number of nitrogens with one attached hydrogen (secondary N) is 1. The number of guanidine groups is 1. The summed E-state index contributed by atoms with van der Waals surface area (Å²) in [7, 11) is 0.296. The Bertz CT molecular complexity index is 956. The molecule has 1 aliphatic heterocycles. The first kappa shape index (κ1) is 25.1. The van der Waals surface area contributed by atoms with Crippen molar-refractivity contribution in [1.29, 1.82) is 0 Å². The average molecular weight is 565 g/mol. The summed E-state index contributed by atoms with van der Waals surface area (Å²) < 4.78 is 32.7. The van der Waals surface area contributed by atoms with Crippen molar-refractivity contribution in [3.8, 4) is 0 Å². The van der Waals surface area contributed by atoms with Gasteiger partial charge in [-0.3, -0.25) is 4.99 Å². The van der Waals surface area contributed by atoms with Crippen molar-refractivity contribution in [1.82, 2.24) is 14.5 Å². The van der Waals surface area contributed by atoms with E-state index in [2.05, 4.69) is 34.3 Å². The van der Waals surface area contributed by atoms with Gasteiger partial charge in [-0.2, -0.15) is 4.31 Å². The number of halogens is 1.